The van der Waals surface area contributed by atoms with Crippen LogP contribution in [0.25, 0.3) is 0 Å². The van der Waals surface area contributed by atoms with Crippen LogP contribution in [0, 0.1) is 5.92 Å². The number of amides is 2. The van der Waals surface area contributed by atoms with Crippen LogP contribution in [-0.2, 0) is 0 Å². The number of aromatic nitrogens is 2. The van der Waals surface area contributed by atoms with E-state index in [-0.39, 0.29) is 11.8 Å². The van der Waals surface area contributed by atoms with Crippen molar-refractivity contribution in [1.82, 2.24) is 19.8 Å². The van der Waals surface area contributed by atoms with Crippen LogP contribution < -0.4 is 4.90 Å². The van der Waals surface area contributed by atoms with E-state index in [1.807, 2.05) is 23.1 Å². The van der Waals surface area contributed by atoms with Gasteiger partial charge in [0.15, 0.2) is 0 Å². The lowest BCUT2D eigenvalue weighted by molar-refractivity contribution is 0.0697. The molecule has 2 amide bonds. The Bertz CT molecular complexity index is 857. The highest BCUT2D eigenvalue weighted by atomic mass is 16.2. The van der Waals surface area contributed by atoms with E-state index < -0.39 is 0 Å². The number of piperazine rings is 1. The van der Waals surface area contributed by atoms with Gasteiger partial charge in [-0.1, -0.05) is 13.0 Å². The maximum atomic E-state index is 12.9. The fraction of sp³-hybridized carbons (Fsp3) is 0.455. The molecule has 0 unspecified atom stereocenters. The van der Waals surface area contributed by atoms with Crippen LogP contribution in [0.5, 0.6) is 0 Å². The Kier molecular flexibility index (Phi) is 5.74. The van der Waals surface area contributed by atoms with Crippen molar-refractivity contribution in [1.29, 1.82) is 0 Å². The van der Waals surface area contributed by atoms with Gasteiger partial charge in [0, 0.05) is 57.2 Å². The van der Waals surface area contributed by atoms with Crippen molar-refractivity contribution in [3.63, 3.8) is 0 Å². The van der Waals surface area contributed by atoms with Crippen LogP contribution in [0.15, 0.2) is 42.7 Å². The minimum atomic E-state index is -0.118. The van der Waals surface area contributed by atoms with Gasteiger partial charge in [-0.05, 0) is 43.0 Å². The first-order chi connectivity index (χ1) is 14.1. The van der Waals surface area contributed by atoms with E-state index in [0.29, 0.717) is 30.3 Å². The summed E-state index contributed by atoms with van der Waals surface area (Å²) in [4.78, 5) is 40.2. The summed E-state index contributed by atoms with van der Waals surface area (Å²) >= 11 is 0. The average molecular weight is 393 g/mol. The Morgan fingerprint density at radius 2 is 1.59 bits per heavy atom. The van der Waals surface area contributed by atoms with E-state index in [9.17, 15) is 9.59 Å². The molecule has 2 aromatic rings. The van der Waals surface area contributed by atoms with Crippen molar-refractivity contribution >= 4 is 17.6 Å². The lowest BCUT2D eigenvalue weighted by Gasteiger charge is -2.35. The third-order valence-corrected chi connectivity index (χ3v) is 5.84. The highest BCUT2D eigenvalue weighted by Crippen LogP contribution is 2.19. The number of rotatable bonds is 3. The Labute approximate surface area is 171 Å². The van der Waals surface area contributed by atoms with Crippen molar-refractivity contribution in [3.8, 4) is 0 Å². The maximum Gasteiger partial charge on any atom is 0.272 e. The molecule has 7 nitrogen and oxygen atoms in total. The predicted molar refractivity (Wildman–Crippen MR) is 111 cm³/mol. The zero-order valence-electron chi connectivity index (χ0n) is 16.8. The van der Waals surface area contributed by atoms with Gasteiger partial charge < -0.3 is 14.7 Å². The number of nitrogens with zero attached hydrogens (tertiary/aromatic N) is 5. The SMILES string of the molecule is CC1CCN(C(=O)c2ccnc(C(=O)N3CCN(c4ccccn4)CC3)c2)CC1. The minimum Gasteiger partial charge on any atom is -0.353 e. The third kappa shape index (κ3) is 4.39. The summed E-state index contributed by atoms with van der Waals surface area (Å²) < 4.78 is 0. The summed E-state index contributed by atoms with van der Waals surface area (Å²) in [7, 11) is 0. The van der Waals surface area contributed by atoms with Gasteiger partial charge in [0.1, 0.15) is 11.5 Å². The van der Waals surface area contributed by atoms with Gasteiger partial charge in [-0.25, -0.2) is 4.98 Å². The maximum absolute atomic E-state index is 12.9. The number of hydrogen-bond donors (Lipinski definition) is 0. The molecule has 0 bridgehead atoms. The molecule has 7 heteroatoms. The van der Waals surface area contributed by atoms with E-state index in [2.05, 4.69) is 21.8 Å². The fourth-order valence-electron chi connectivity index (χ4n) is 3.92. The molecule has 0 atom stereocenters. The Hall–Kier alpha value is -2.96. The molecule has 2 aromatic heterocycles. The molecule has 0 N–H and O–H groups in total. The van der Waals surface area contributed by atoms with E-state index in [1.165, 1.54) is 0 Å². The van der Waals surface area contributed by atoms with Crippen LogP contribution >= 0.6 is 0 Å². The number of hydrogen-bond acceptors (Lipinski definition) is 5. The largest absolute Gasteiger partial charge is 0.353 e. The summed E-state index contributed by atoms with van der Waals surface area (Å²) in [6, 6.07) is 9.20. The zero-order chi connectivity index (χ0) is 20.2. The normalized spacial score (nSPS) is 18.0. The van der Waals surface area contributed by atoms with Crippen LogP contribution in [0.1, 0.15) is 40.6 Å². The van der Waals surface area contributed by atoms with E-state index in [4.69, 9.17) is 0 Å². The minimum absolute atomic E-state index is 0.00618. The molecule has 0 saturated carbocycles. The molecule has 0 spiro atoms. The second-order valence-corrected chi connectivity index (χ2v) is 7.87. The van der Waals surface area contributed by atoms with Crippen molar-refractivity contribution in [3.05, 3.63) is 54.0 Å². The van der Waals surface area contributed by atoms with E-state index in [0.717, 1.165) is 44.8 Å². The molecule has 2 aliphatic rings. The smallest absolute Gasteiger partial charge is 0.272 e. The third-order valence-electron chi connectivity index (χ3n) is 5.84. The molecular formula is C22H27N5O2. The highest BCUT2D eigenvalue weighted by molar-refractivity contribution is 5.98. The summed E-state index contributed by atoms with van der Waals surface area (Å²) in [6.07, 6.45) is 5.41. The van der Waals surface area contributed by atoms with Crippen LogP contribution in [0.2, 0.25) is 0 Å². The van der Waals surface area contributed by atoms with Gasteiger partial charge in [0.25, 0.3) is 11.8 Å². The summed E-state index contributed by atoms with van der Waals surface area (Å²) in [5.74, 6) is 1.47. The summed E-state index contributed by atoms with van der Waals surface area (Å²) in [5, 5.41) is 0. The summed E-state index contributed by atoms with van der Waals surface area (Å²) in [6.45, 7) is 6.46. The fourth-order valence-corrected chi connectivity index (χ4v) is 3.92. The molecule has 29 heavy (non-hydrogen) atoms. The first-order valence-corrected chi connectivity index (χ1v) is 10.3. The van der Waals surface area contributed by atoms with Crippen LogP contribution in [0.3, 0.4) is 0 Å². The average Bonchev–Trinajstić information content (AvgIpc) is 2.79. The number of pyridine rings is 2. The van der Waals surface area contributed by atoms with Gasteiger partial charge in [-0.3, -0.25) is 14.6 Å². The van der Waals surface area contributed by atoms with Crippen LogP contribution in [-0.4, -0.2) is 70.9 Å². The van der Waals surface area contributed by atoms with Crippen molar-refractivity contribution in [2.45, 2.75) is 19.8 Å². The molecular weight excluding hydrogens is 366 g/mol. The van der Waals surface area contributed by atoms with Gasteiger partial charge in [0.05, 0.1) is 0 Å². The second-order valence-electron chi connectivity index (χ2n) is 7.87. The van der Waals surface area contributed by atoms with Crippen molar-refractivity contribution in [2.75, 3.05) is 44.2 Å². The Morgan fingerprint density at radius 1 is 0.862 bits per heavy atom. The number of carbonyl (C=O) groups excluding carboxylic acids is 2. The molecule has 2 saturated heterocycles. The highest BCUT2D eigenvalue weighted by Gasteiger charge is 2.26. The van der Waals surface area contributed by atoms with Crippen molar-refractivity contribution in [2.24, 2.45) is 5.92 Å². The molecule has 4 heterocycles. The molecule has 2 aliphatic heterocycles. The number of likely N-dealkylation sites (tertiary alicyclic amines) is 1. The Balaban J connectivity index is 1.39. The molecule has 0 radical (unpaired) electrons. The quantitative estimate of drug-likeness (QED) is 0.800. The first-order valence-electron chi connectivity index (χ1n) is 10.3. The topological polar surface area (TPSA) is 69.6 Å². The number of anilines is 1. The van der Waals surface area contributed by atoms with Gasteiger partial charge in [0.2, 0.25) is 0 Å². The molecule has 152 valence electrons. The first kappa shape index (κ1) is 19.4. The van der Waals surface area contributed by atoms with Crippen molar-refractivity contribution < 1.29 is 9.59 Å². The zero-order valence-corrected chi connectivity index (χ0v) is 16.8. The van der Waals surface area contributed by atoms with E-state index in [1.54, 1.807) is 29.4 Å². The summed E-state index contributed by atoms with van der Waals surface area (Å²) in [5.41, 5.74) is 0.887. The van der Waals surface area contributed by atoms with E-state index >= 15 is 0 Å². The Morgan fingerprint density at radius 3 is 2.28 bits per heavy atom. The lowest BCUT2D eigenvalue weighted by Crippen LogP contribution is -2.49. The number of carbonyl (C=O) groups is 2. The predicted octanol–water partition coefficient (Wildman–Crippen LogP) is 2.31. The standard InChI is InChI=1S/C22H27N5O2/c1-17-6-10-26(11-7-17)21(28)18-5-9-23-19(16-18)22(29)27-14-12-25(13-15-27)20-4-2-3-8-24-20/h2-5,8-9,16-17H,6-7,10-15H2,1H3. The van der Waals surface area contributed by atoms with Gasteiger partial charge >= 0.3 is 0 Å². The molecule has 0 aliphatic carbocycles. The molecule has 2 fully saturated rings. The van der Waals surface area contributed by atoms with Gasteiger partial charge in [-0.15, -0.1) is 0 Å². The molecule has 4 rings (SSSR count). The lowest BCUT2D eigenvalue weighted by atomic mass is 9.98. The monoisotopic (exact) mass is 393 g/mol. The van der Waals surface area contributed by atoms with Gasteiger partial charge in [-0.2, -0.15) is 0 Å². The number of piperidine rings is 1. The second kappa shape index (κ2) is 8.59. The van der Waals surface area contributed by atoms with Crippen LogP contribution in [0.4, 0.5) is 5.82 Å². The molecule has 0 aromatic carbocycles.